The van der Waals surface area contributed by atoms with E-state index in [-0.39, 0.29) is 49.0 Å². The molecule has 0 bridgehead atoms. The minimum absolute atomic E-state index is 0.0295. The second-order valence-corrected chi connectivity index (χ2v) is 11.8. The lowest BCUT2D eigenvalue weighted by atomic mass is 9.80. The highest BCUT2D eigenvalue weighted by molar-refractivity contribution is 6.26. The molecule has 10 heteroatoms. The minimum atomic E-state index is -1.12. The topological polar surface area (TPSA) is 111 Å². The first kappa shape index (κ1) is 32.7. The molecule has 9 nitrogen and oxygen atoms in total. The molecule has 3 aliphatic rings. The predicted octanol–water partition coefficient (Wildman–Crippen LogP) is 5.56. The number of esters is 2. The zero-order valence-electron chi connectivity index (χ0n) is 25.0. The Kier molecular flexibility index (Phi) is 11.8. The van der Waals surface area contributed by atoms with Gasteiger partial charge in [-0.15, -0.1) is 11.6 Å². The van der Waals surface area contributed by atoms with Gasteiger partial charge in [0.15, 0.2) is 5.72 Å². The van der Waals surface area contributed by atoms with Crippen molar-refractivity contribution in [2.24, 2.45) is 5.92 Å². The Bertz CT molecular complexity index is 1190. The maximum Gasteiger partial charge on any atom is 0.321 e. The number of urea groups is 1. The van der Waals surface area contributed by atoms with Crippen LogP contribution in [0.3, 0.4) is 0 Å². The molecule has 234 valence electrons. The van der Waals surface area contributed by atoms with Gasteiger partial charge >= 0.3 is 18.0 Å². The Hall–Kier alpha value is -3.17. The first-order valence-electron chi connectivity index (χ1n) is 15.4. The monoisotopic (exact) mass is 614 g/mol. The van der Waals surface area contributed by atoms with Gasteiger partial charge in [0, 0.05) is 18.9 Å². The van der Waals surface area contributed by atoms with Crippen molar-refractivity contribution in [1.29, 1.82) is 0 Å². The fourth-order valence-electron chi connectivity index (χ4n) is 6.47. The van der Waals surface area contributed by atoms with Crippen molar-refractivity contribution in [2.75, 3.05) is 12.5 Å². The zero-order valence-corrected chi connectivity index (χ0v) is 25.8. The molecular weight excluding hydrogens is 572 g/mol. The summed E-state index contributed by atoms with van der Waals surface area (Å²) in [5, 5.41) is 3.05. The summed E-state index contributed by atoms with van der Waals surface area (Å²) in [5.74, 6) is -1.76. The van der Waals surface area contributed by atoms with Gasteiger partial charge < -0.3 is 24.4 Å². The lowest BCUT2D eigenvalue weighted by molar-refractivity contribution is -0.203. The average Bonchev–Trinajstić information content (AvgIpc) is 3.40. The molecule has 43 heavy (non-hydrogen) atoms. The van der Waals surface area contributed by atoms with Gasteiger partial charge in [-0.05, 0) is 69.6 Å². The molecule has 0 aromatic heterocycles. The van der Waals surface area contributed by atoms with E-state index in [9.17, 15) is 19.2 Å². The number of Topliss-reactive ketones (excluding diaryl/α,β-unsaturated/α-hetero) is 1. The second kappa shape index (κ2) is 15.5. The van der Waals surface area contributed by atoms with Gasteiger partial charge in [-0.25, -0.2) is 4.79 Å². The summed E-state index contributed by atoms with van der Waals surface area (Å²) in [6, 6.07) is 8.75. The van der Waals surface area contributed by atoms with Crippen LogP contribution in [-0.4, -0.2) is 71.2 Å². The van der Waals surface area contributed by atoms with Gasteiger partial charge in [-0.1, -0.05) is 49.4 Å². The van der Waals surface area contributed by atoms with Crippen LogP contribution in [0.25, 0.3) is 6.08 Å². The number of alkyl halides is 1. The van der Waals surface area contributed by atoms with Crippen molar-refractivity contribution in [3.8, 4) is 0 Å². The van der Waals surface area contributed by atoms with E-state index in [1.54, 1.807) is 17.1 Å². The summed E-state index contributed by atoms with van der Waals surface area (Å²) in [6.07, 6.45) is 11.9. The maximum atomic E-state index is 13.7. The number of ketones is 1. The number of nitrogens with one attached hydrogen (secondary N) is 1. The number of ether oxygens (including phenoxy) is 3. The molecule has 1 aromatic carbocycles. The third-order valence-corrected chi connectivity index (χ3v) is 8.66. The van der Waals surface area contributed by atoms with Gasteiger partial charge in [0.25, 0.3) is 0 Å². The van der Waals surface area contributed by atoms with E-state index >= 15 is 0 Å². The molecule has 0 saturated carbocycles. The Balaban J connectivity index is 1.39. The normalized spacial score (nSPS) is 27.7. The number of carbonyl (C=O) groups is 4. The summed E-state index contributed by atoms with van der Waals surface area (Å²) in [6.45, 7) is 3.96. The molecule has 3 fully saturated rings. The number of benzene rings is 1. The van der Waals surface area contributed by atoms with Crippen molar-refractivity contribution in [2.45, 2.75) is 102 Å². The second-order valence-electron chi connectivity index (χ2n) is 11.5. The number of hydrogen-bond donors (Lipinski definition) is 1. The van der Waals surface area contributed by atoms with Gasteiger partial charge in [0.2, 0.25) is 0 Å². The highest BCUT2D eigenvalue weighted by Gasteiger charge is 2.60. The molecule has 3 aliphatic heterocycles. The fraction of sp³-hybridized carbons (Fsp3) is 0.576. The van der Waals surface area contributed by atoms with Crippen LogP contribution in [0.5, 0.6) is 0 Å². The van der Waals surface area contributed by atoms with E-state index in [4.69, 9.17) is 25.8 Å². The highest BCUT2D eigenvalue weighted by atomic mass is 35.5. The van der Waals surface area contributed by atoms with Crippen LogP contribution in [-0.2, 0) is 28.6 Å². The van der Waals surface area contributed by atoms with Crippen LogP contribution >= 0.6 is 11.6 Å². The number of fused-ring (bicyclic) bond motifs is 1. The van der Waals surface area contributed by atoms with Crippen molar-refractivity contribution < 1.29 is 33.4 Å². The minimum Gasteiger partial charge on any atom is -0.461 e. The SMILES string of the molecule is CC[C@@H](/C=C\CCC(=O)C[C@@H]1CC[C@@H]2[C@@H](C(=O)OC/C=C/c3ccccc3)[C@]3(CCC[C@@H](C)O3)NC(=O)N12)OC(=O)CCl. The number of carbonyl (C=O) groups excluding carboxylic acids is 4. The van der Waals surface area contributed by atoms with Crippen LogP contribution in [0.2, 0.25) is 0 Å². The van der Waals surface area contributed by atoms with Gasteiger partial charge in [0.1, 0.15) is 30.3 Å². The largest absolute Gasteiger partial charge is 0.461 e. The van der Waals surface area contributed by atoms with Crippen molar-refractivity contribution in [3.05, 3.63) is 54.1 Å². The molecule has 6 atom stereocenters. The molecule has 0 radical (unpaired) electrons. The van der Waals surface area contributed by atoms with Crippen LogP contribution in [0, 0.1) is 5.92 Å². The molecule has 3 heterocycles. The lowest BCUT2D eigenvalue weighted by Crippen LogP contribution is -2.72. The fourth-order valence-corrected chi connectivity index (χ4v) is 6.54. The average molecular weight is 615 g/mol. The van der Waals surface area contributed by atoms with Crippen LogP contribution in [0.15, 0.2) is 48.6 Å². The molecule has 1 spiro atoms. The summed E-state index contributed by atoms with van der Waals surface area (Å²) < 4.78 is 17.3. The first-order valence-corrected chi connectivity index (χ1v) is 15.9. The number of allylic oxidation sites excluding steroid dienone is 1. The molecule has 2 amide bonds. The van der Waals surface area contributed by atoms with E-state index in [2.05, 4.69) is 5.32 Å². The Morgan fingerprint density at radius 3 is 2.70 bits per heavy atom. The lowest BCUT2D eigenvalue weighted by Gasteiger charge is -2.52. The number of halogens is 1. The molecule has 4 rings (SSSR count). The highest BCUT2D eigenvalue weighted by Crippen LogP contribution is 2.45. The third-order valence-electron chi connectivity index (χ3n) is 8.44. The number of hydrogen-bond acceptors (Lipinski definition) is 7. The summed E-state index contributed by atoms with van der Waals surface area (Å²) in [4.78, 5) is 53.3. The van der Waals surface area contributed by atoms with E-state index < -0.39 is 29.6 Å². The Labute approximate surface area is 258 Å². The predicted molar refractivity (Wildman–Crippen MR) is 163 cm³/mol. The van der Waals surface area contributed by atoms with Crippen molar-refractivity contribution >= 4 is 41.4 Å². The van der Waals surface area contributed by atoms with Crippen molar-refractivity contribution in [1.82, 2.24) is 10.2 Å². The molecule has 1 aromatic rings. The van der Waals surface area contributed by atoms with Crippen LogP contribution in [0.4, 0.5) is 4.79 Å². The van der Waals surface area contributed by atoms with E-state index in [0.29, 0.717) is 38.5 Å². The maximum absolute atomic E-state index is 13.7. The van der Waals surface area contributed by atoms with Gasteiger partial charge in [0.05, 0.1) is 12.1 Å². The molecular formula is C33H43ClN2O7. The van der Waals surface area contributed by atoms with E-state index in [0.717, 1.165) is 18.4 Å². The number of nitrogens with zero attached hydrogens (tertiary/aromatic N) is 1. The molecule has 0 unspecified atom stereocenters. The standard InChI is InChI=1S/C33H43ClN2O7/c1-3-27(42-29(38)22-34)16-8-7-15-26(37)21-25-17-18-28-30(31(39)41-20-10-14-24-12-5-4-6-13-24)33(35-32(40)36(25)28)19-9-11-23(2)43-33/h4-6,8,10,12-14,16,23,25,27-28,30H,3,7,9,11,15,17-22H2,1-2H3,(H,35,40)/b14-10+,16-8-/t23-,25+,27+,28-,30+,33-/m1/s1. The number of amides is 2. The Morgan fingerprint density at radius 1 is 1.19 bits per heavy atom. The van der Waals surface area contributed by atoms with E-state index in [1.165, 1.54) is 0 Å². The summed E-state index contributed by atoms with van der Waals surface area (Å²) in [5.41, 5.74) is -0.114. The van der Waals surface area contributed by atoms with E-state index in [1.807, 2.05) is 56.3 Å². The third kappa shape index (κ3) is 8.48. The smallest absolute Gasteiger partial charge is 0.321 e. The first-order chi connectivity index (χ1) is 20.8. The summed E-state index contributed by atoms with van der Waals surface area (Å²) >= 11 is 5.51. The number of rotatable bonds is 13. The molecule has 0 aliphatic carbocycles. The molecule has 3 saturated heterocycles. The van der Waals surface area contributed by atoms with Crippen molar-refractivity contribution in [3.63, 3.8) is 0 Å². The van der Waals surface area contributed by atoms with Crippen LogP contribution < -0.4 is 5.32 Å². The zero-order chi connectivity index (χ0) is 30.8. The Morgan fingerprint density at radius 2 is 1.98 bits per heavy atom. The van der Waals surface area contributed by atoms with Gasteiger partial charge in [-0.2, -0.15) is 0 Å². The van der Waals surface area contributed by atoms with Crippen LogP contribution in [0.1, 0.15) is 77.2 Å². The quantitative estimate of drug-likeness (QED) is 0.176. The van der Waals surface area contributed by atoms with Gasteiger partial charge in [-0.3, -0.25) is 14.4 Å². The molecule has 1 N–H and O–H groups in total. The summed E-state index contributed by atoms with van der Waals surface area (Å²) in [7, 11) is 0.